The van der Waals surface area contributed by atoms with Gasteiger partial charge in [-0.15, -0.1) is 12.4 Å². The molecule has 1 atom stereocenters. The van der Waals surface area contributed by atoms with Gasteiger partial charge in [0.2, 0.25) is 0 Å². The number of carbonyl (C=O) groups excluding carboxylic acids is 1. The van der Waals surface area contributed by atoms with E-state index in [1.807, 2.05) is 20.8 Å². The minimum atomic E-state index is -0.514. The maximum atomic E-state index is 11.7. The van der Waals surface area contributed by atoms with Gasteiger partial charge in [0.05, 0.1) is 12.6 Å². The number of nitrogens with one attached hydrogen (secondary N) is 1. The van der Waals surface area contributed by atoms with Crippen molar-refractivity contribution in [1.82, 2.24) is 10.2 Å². The second-order valence-corrected chi connectivity index (χ2v) is 4.78. The Balaban J connectivity index is 0.00000225. The molecule has 96 valence electrons. The van der Waals surface area contributed by atoms with Crippen molar-refractivity contribution in [2.24, 2.45) is 0 Å². The Hall–Kier alpha value is -0.520. The van der Waals surface area contributed by atoms with E-state index in [0.29, 0.717) is 26.2 Å². The highest BCUT2D eigenvalue weighted by Gasteiger charge is 2.25. The molecule has 1 amide bonds. The van der Waals surface area contributed by atoms with E-state index in [0.717, 1.165) is 0 Å². The van der Waals surface area contributed by atoms with E-state index in [1.54, 1.807) is 0 Å². The molecule has 0 saturated carbocycles. The molecule has 0 aromatic heterocycles. The predicted octanol–water partition coefficient (Wildman–Crippen LogP) is 0.609. The van der Waals surface area contributed by atoms with Crippen LogP contribution in [0.5, 0.6) is 0 Å². The fourth-order valence-electron chi connectivity index (χ4n) is 1.39. The number of amides is 1. The number of aliphatic hydroxyl groups excluding tert-OH is 1. The van der Waals surface area contributed by atoms with Crippen molar-refractivity contribution in [3.8, 4) is 0 Å². The van der Waals surface area contributed by atoms with Crippen LogP contribution < -0.4 is 5.32 Å². The average molecular weight is 253 g/mol. The van der Waals surface area contributed by atoms with E-state index >= 15 is 0 Å². The molecule has 16 heavy (non-hydrogen) atoms. The summed E-state index contributed by atoms with van der Waals surface area (Å²) in [6.45, 7) is 7.62. The number of β-amino-alcohol motifs (C(OH)–C–C–N with tert-alkyl or cyclic N) is 1. The smallest absolute Gasteiger partial charge is 0.410 e. The summed E-state index contributed by atoms with van der Waals surface area (Å²) in [6, 6.07) is 0. The maximum Gasteiger partial charge on any atom is 0.410 e. The number of halogens is 1. The molecule has 0 spiro atoms. The van der Waals surface area contributed by atoms with Crippen LogP contribution >= 0.6 is 12.4 Å². The van der Waals surface area contributed by atoms with E-state index in [2.05, 4.69) is 5.32 Å². The lowest BCUT2D eigenvalue weighted by molar-refractivity contribution is 0.0186. The van der Waals surface area contributed by atoms with Crippen molar-refractivity contribution in [1.29, 1.82) is 0 Å². The van der Waals surface area contributed by atoms with Gasteiger partial charge in [-0.3, -0.25) is 0 Å². The van der Waals surface area contributed by atoms with Crippen molar-refractivity contribution in [3.63, 3.8) is 0 Å². The Labute approximate surface area is 103 Å². The first-order chi connectivity index (χ1) is 6.88. The first-order valence-electron chi connectivity index (χ1n) is 5.25. The SMILES string of the molecule is CC(C)(C)OC(=O)N1CCNCC(O)C1.Cl. The van der Waals surface area contributed by atoms with Crippen molar-refractivity contribution >= 4 is 18.5 Å². The molecule has 0 aliphatic carbocycles. The first-order valence-corrected chi connectivity index (χ1v) is 5.25. The van der Waals surface area contributed by atoms with E-state index in [1.165, 1.54) is 4.90 Å². The third-order valence-electron chi connectivity index (χ3n) is 2.02. The topological polar surface area (TPSA) is 61.8 Å². The summed E-state index contributed by atoms with van der Waals surface area (Å²) >= 11 is 0. The van der Waals surface area contributed by atoms with Gasteiger partial charge in [0.15, 0.2) is 0 Å². The second-order valence-electron chi connectivity index (χ2n) is 4.78. The van der Waals surface area contributed by atoms with Crippen LogP contribution in [0, 0.1) is 0 Å². The fourth-order valence-corrected chi connectivity index (χ4v) is 1.39. The molecule has 1 fully saturated rings. The predicted molar refractivity (Wildman–Crippen MR) is 63.9 cm³/mol. The lowest BCUT2D eigenvalue weighted by Gasteiger charge is -2.26. The summed E-state index contributed by atoms with van der Waals surface area (Å²) < 4.78 is 5.23. The Morgan fingerprint density at radius 3 is 2.69 bits per heavy atom. The lowest BCUT2D eigenvalue weighted by Crippen LogP contribution is -2.41. The van der Waals surface area contributed by atoms with Crippen LogP contribution in [0.2, 0.25) is 0 Å². The minimum absolute atomic E-state index is 0. The molecule has 5 nitrogen and oxygen atoms in total. The summed E-state index contributed by atoms with van der Waals surface area (Å²) in [5.41, 5.74) is -0.484. The minimum Gasteiger partial charge on any atom is -0.444 e. The average Bonchev–Trinajstić information content (AvgIpc) is 2.26. The van der Waals surface area contributed by atoms with E-state index in [-0.39, 0.29) is 18.5 Å². The molecule has 6 heteroatoms. The number of carbonyl (C=O) groups is 1. The van der Waals surface area contributed by atoms with Gasteiger partial charge < -0.3 is 20.1 Å². The summed E-state index contributed by atoms with van der Waals surface area (Å²) in [4.78, 5) is 13.2. The van der Waals surface area contributed by atoms with Gasteiger partial charge in [-0.1, -0.05) is 0 Å². The first kappa shape index (κ1) is 15.5. The van der Waals surface area contributed by atoms with Crippen molar-refractivity contribution in [3.05, 3.63) is 0 Å². The second kappa shape index (κ2) is 6.27. The lowest BCUT2D eigenvalue weighted by atomic mass is 10.2. The van der Waals surface area contributed by atoms with Gasteiger partial charge in [0.25, 0.3) is 0 Å². The van der Waals surface area contributed by atoms with Gasteiger partial charge >= 0.3 is 6.09 Å². The molecule has 1 aliphatic rings. The number of hydrogen-bond acceptors (Lipinski definition) is 4. The van der Waals surface area contributed by atoms with Gasteiger partial charge in [-0.25, -0.2) is 4.79 Å². The third kappa shape index (κ3) is 5.53. The third-order valence-corrected chi connectivity index (χ3v) is 2.02. The number of aliphatic hydroxyl groups is 1. The molecule has 0 radical (unpaired) electrons. The molecule has 0 aromatic carbocycles. The maximum absolute atomic E-state index is 11.7. The molecule has 1 rings (SSSR count). The largest absolute Gasteiger partial charge is 0.444 e. The number of rotatable bonds is 0. The number of nitrogens with zero attached hydrogens (tertiary/aromatic N) is 1. The van der Waals surface area contributed by atoms with E-state index in [4.69, 9.17) is 4.74 Å². The van der Waals surface area contributed by atoms with Crippen LogP contribution in [0.4, 0.5) is 4.79 Å². The van der Waals surface area contributed by atoms with Crippen molar-refractivity contribution in [2.75, 3.05) is 26.2 Å². The zero-order valence-corrected chi connectivity index (χ0v) is 10.8. The zero-order valence-electron chi connectivity index (χ0n) is 10.0. The van der Waals surface area contributed by atoms with Crippen molar-refractivity contribution in [2.45, 2.75) is 32.5 Å². The number of hydrogen-bond donors (Lipinski definition) is 2. The Bertz CT molecular complexity index is 231. The summed E-state index contributed by atoms with van der Waals surface area (Å²) in [5, 5.41) is 12.5. The molecule has 2 N–H and O–H groups in total. The molecule has 0 aromatic rings. The van der Waals surface area contributed by atoms with Gasteiger partial charge in [0.1, 0.15) is 5.60 Å². The summed E-state index contributed by atoms with van der Waals surface area (Å²) in [5.74, 6) is 0. The Morgan fingerprint density at radius 2 is 2.12 bits per heavy atom. The van der Waals surface area contributed by atoms with Crippen LogP contribution in [-0.4, -0.2) is 54.0 Å². The highest BCUT2D eigenvalue weighted by Crippen LogP contribution is 2.10. The van der Waals surface area contributed by atoms with Gasteiger partial charge in [-0.2, -0.15) is 0 Å². The van der Waals surface area contributed by atoms with Crippen molar-refractivity contribution < 1.29 is 14.6 Å². The molecule has 1 aliphatic heterocycles. The van der Waals surface area contributed by atoms with Crippen LogP contribution in [-0.2, 0) is 4.74 Å². The van der Waals surface area contributed by atoms with Crippen LogP contribution in [0.1, 0.15) is 20.8 Å². The summed E-state index contributed by atoms with van der Waals surface area (Å²) in [6.07, 6.45) is -0.870. The van der Waals surface area contributed by atoms with E-state index in [9.17, 15) is 9.90 Å². The molecular formula is C10H21ClN2O3. The molecule has 1 unspecified atom stereocenters. The fraction of sp³-hybridized carbons (Fsp3) is 0.900. The van der Waals surface area contributed by atoms with E-state index < -0.39 is 11.7 Å². The van der Waals surface area contributed by atoms with Crippen LogP contribution in [0.15, 0.2) is 0 Å². The van der Waals surface area contributed by atoms with Gasteiger partial charge in [0, 0.05) is 19.6 Å². The quantitative estimate of drug-likeness (QED) is 0.663. The molecular weight excluding hydrogens is 232 g/mol. The molecule has 0 bridgehead atoms. The molecule has 1 saturated heterocycles. The monoisotopic (exact) mass is 252 g/mol. The number of ether oxygens (including phenoxy) is 1. The normalized spacial score (nSPS) is 22.0. The van der Waals surface area contributed by atoms with Gasteiger partial charge in [-0.05, 0) is 20.8 Å². The standard InChI is InChI=1S/C10H20N2O3.ClH/c1-10(2,3)15-9(14)12-5-4-11-6-8(13)7-12;/h8,11,13H,4-7H2,1-3H3;1H. The Morgan fingerprint density at radius 1 is 1.50 bits per heavy atom. The Kier molecular flexibility index (Phi) is 6.07. The van der Waals surface area contributed by atoms with Crippen LogP contribution in [0.3, 0.4) is 0 Å². The summed E-state index contributed by atoms with van der Waals surface area (Å²) in [7, 11) is 0. The molecule has 1 heterocycles. The van der Waals surface area contributed by atoms with Crippen LogP contribution in [0.25, 0.3) is 0 Å². The highest BCUT2D eigenvalue weighted by molar-refractivity contribution is 5.85. The zero-order chi connectivity index (χ0) is 11.5. The highest BCUT2D eigenvalue weighted by atomic mass is 35.5.